The number of rotatable bonds is 2. The number of imidazole rings is 1. The topological polar surface area (TPSA) is 115 Å². The Morgan fingerprint density at radius 3 is 2.87 bits per heavy atom. The fourth-order valence-corrected chi connectivity index (χ4v) is 1.32. The van der Waals surface area contributed by atoms with E-state index in [-0.39, 0.29) is 11.3 Å². The maximum absolute atomic E-state index is 11.0. The van der Waals surface area contributed by atoms with Gasteiger partial charge in [0.05, 0.1) is 22.3 Å². The number of amides is 1. The Kier molecular flexibility index (Phi) is 1.86. The molecule has 0 aliphatic heterocycles. The van der Waals surface area contributed by atoms with Crippen molar-refractivity contribution >= 4 is 22.6 Å². The third-order valence-corrected chi connectivity index (χ3v) is 2.00. The summed E-state index contributed by atoms with van der Waals surface area (Å²) in [5, 5.41) is 10.7. The Morgan fingerprint density at radius 1 is 1.53 bits per heavy atom. The van der Waals surface area contributed by atoms with E-state index in [2.05, 4.69) is 9.97 Å². The second kappa shape index (κ2) is 3.05. The molecule has 3 N–H and O–H groups in total. The van der Waals surface area contributed by atoms with Crippen LogP contribution in [-0.2, 0) is 0 Å². The molecule has 0 atom stereocenters. The second-order valence-corrected chi connectivity index (χ2v) is 2.91. The average Bonchev–Trinajstić information content (AvgIpc) is 2.61. The molecule has 15 heavy (non-hydrogen) atoms. The van der Waals surface area contributed by atoms with Gasteiger partial charge in [0.2, 0.25) is 0 Å². The number of nitro benzene ring substituents is 1. The SMILES string of the molecule is NC(=O)c1cc2nc[nH]c2cc1[N+](=O)[O-]. The fourth-order valence-electron chi connectivity index (χ4n) is 1.32. The largest absolute Gasteiger partial charge is 0.365 e. The molecule has 2 aromatic rings. The Hall–Kier alpha value is -2.44. The van der Waals surface area contributed by atoms with Crippen LogP contribution in [0.25, 0.3) is 11.0 Å². The number of carbonyl (C=O) groups is 1. The maximum atomic E-state index is 11.0. The smallest absolute Gasteiger partial charge is 0.284 e. The van der Waals surface area contributed by atoms with Gasteiger partial charge in [0.1, 0.15) is 5.56 Å². The van der Waals surface area contributed by atoms with Gasteiger partial charge in [-0.05, 0) is 6.07 Å². The minimum absolute atomic E-state index is 0.139. The summed E-state index contributed by atoms with van der Waals surface area (Å²) < 4.78 is 0. The van der Waals surface area contributed by atoms with E-state index in [1.54, 1.807) is 0 Å². The summed E-state index contributed by atoms with van der Waals surface area (Å²) in [6, 6.07) is 2.54. The van der Waals surface area contributed by atoms with Crippen LogP contribution in [0, 0.1) is 10.1 Å². The summed E-state index contributed by atoms with van der Waals surface area (Å²) in [7, 11) is 0. The lowest BCUT2D eigenvalue weighted by Crippen LogP contribution is -2.13. The number of benzene rings is 1. The third kappa shape index (κ3) is 1.39. The number of fused-ring (bicyclic) bond motifs is 1. The number of nitro groups is 1. The molecule has 76 valence electrons. The molecule has 0 radical (unpaired) electrons. The normalized spacial score (nSPS) is 10.4. The first-order valence-electron chi connectivity index (χ1n) is 4.01. The molecule has 1 amide bonds. The van der Waals surface area contributed by atoms with Crippen LogP contribution >= 0.6 is 0 Å². The predicted octanol–water partition coefficient (Wildman–Crippen LogP) is 0.570. The van der Waals surface area contributed by atoms with E-state index in [1.807, 2.05) is 0 Å². The number of H-pyrrole nitrogens is 1. The zero-order valence-electron chi connectivity index (χ0n) is 7.43. The van der Waals surface area contributed by atoms with E-state index in [0.29, 0.717) is 11.0 Å². The van der Waals surface area contributed by atoms with Gasteiger partial charge in [0.15, 0.2) is 0 Å². The van der Waals surface area contributed by atoms with Gasteiger partial charge in [0, 0.05) is 6.07 Å². The molecular formula is C8H6N4O3. The molecule has 1 aromatic heterocycles. The van der Waals surface area contributed by atoms with E-state index < -0.39 is 10.8 Å². The Labute approximate surface area is 83.1 Å². The zero-order chi connectivity index (χ0) is 11.0. The van der Waals surface area contributed by atoms with Crippen molar-refractivity contribution in [2.45, 2.75) is 0 Å². The summed E-state index contributed by atoms with van der Waals surface area (Å²) in [6.07, 6.45) is 1.39. The number of hydrogen-bond donors (Lipinski definition) is 2. The molecule has 1 heterocycles. The van der Waals surface area contributed by atoms with Gasteiger partial charge >= 0.3 is 0 Å². The Morgan fingerprint density at radius 2 is 2.27 bits per heavy atom. The summed E-state index contributed by atoms with van der Waals surface area (Å²) in [4.78, 5) is 27.6. The number of nitrogens with one attached hydrogen (secondary N) is 1. The number of nitrogens with zero attached hydrogens (tertiary/aromatic N) is 2. The van der Waals surface area contributed by atoms with E-state index in [1.165, 1.54) is 18.5 Å². The van der Waals surface area contributed by atoms with Crippen molar-refractivity contribution in [1.29, 1.82) is 0 Å². The molecule has 0 spiro atoms. The van der Waals surface area contributed by atoms with Crippen LogP contribution in [0.3, 0.4) is 0 Å². The van der Waals surface area contributed by atoms with Crippen LogP contribution in [-0.4, -0.2) is 20.8 Å². The van der Waals surface area contributed by atoms with Crippen molar-refractivity contribution < 1.29 is 9.72 Å². The number of primary amides is 1. The predicted molar refractivity (Wildman–Crippen MR) is 51.3 cm³/mol. The van der Waals surface area contributed by atoms with Gasteiger partial charge in [-0.1, -0.05) is 0 Å². The monoisotopic (exact) mass is 206 g/mol. The standard InChI is InChI=1S/C8H6N4O3/c9-8(13)4-1-5-6(11-3-10-5)2-7(4)12(14)15/h1-3H,(H2,9,13)(H,10,11). The highest BCUT2D eigenvalue weighted by Crippen LogP contribution is 2.23. The van der Waals surface area contributed by atoms with Gasteiger partial charge in [-0.25, -0.2) is 4.98 Å². The number of aromatic amines is 1. The highest BCUT2D eigenvalue weighted by molar-refractivity contribution is 6.00. The van der Waals surface area contributed by atoms with Crippen molar-refractivity contribution in [3.63, 3.8) is 0 Å². The molecule has 0 fully saturated rings. The van der Waals surface area contributed by atoms with Crippen molar-refractivity contribution in [2.75, 3.05) is 0 Å². The first kappa shape index (κ1) is 9.13. The average molecular weight is 206 g/mol. The lowest BCUT2D eigenvalue weighted by Gasteiger charge is -1.98. The Balaban J connectivity index is 2.79. The van der Waals surface area contributed by atoms with Gasteiger partial charge < -0.3 is 10.7 Å². The summed E-state index contributed by atoms with van der Waals surface area (Å²) in [5.41, 5.74) is 5.53. The highest BCUT2D eigenvalue weighted by atomic mass is 16.6. The lowest BCUT2D eigenvalue weighted by molar-refractivity contribution is -0.385. The molecule has 0 bridgehead atoms. The lowest BCUT2D eigenvalue weighted by atomic mass is 10.1. The van der Waals surface area contributed by atoms with Crippen LogP contribution in [0.2, 0.25) is 0 Å². The van der Waals surface area contributed by atoms with Gasteiger partial charge in [0.25, 0.3) is 11.6 Å². The van der Waals surface area contributed by atoms with Crippen LogP contribution in [0.5, 0.6) is 0 Å². The maximum Gasteiger partial charge on any atom is 0.284 e. The minimum Gasteiger partial charge on any atom is -0.365 e. The van der Waals surface area contributed by atoms with E-state index in [4.69, 9.17) is 5.73 Å². The van der Waals surface area contributed by atoms with E-state index >= 15 is 0 Å². The van der Waals surface area contributed by atoms with Gasteiger partial charge in [-0.2, -0.15) is 0 Å². The van der Waals surface area contributed by atoms with Crippen LogP contribution in [0.4, 0.5) is 5.69 Å². The van der Waals surface area contributed by atoms with Crippen LogP contribution < -0.4 is 5.73 Å². The zero-order valence-corrected chi connectivity index (χ0v) is 7.43. The molecule has 1 aromatic carbocycles. The quantitative estimate of drug-likeness (QED) is 0.551. The highest BCUT2D eigenvalue weighted by Gasteiger charge is 2.19. The first-order valence-corrected chi connectivity index (χ1v) is 4.01. The fraction of sp³-hybridized carbons (Fsp3) is 0. The van der Waals surface area contributed by atoms with Gasteiger partial charge in [-0.3, -0.25) is 14.9 Å². The van der Waals surface area contributed by atoms with Crippen molar-refractivity contribution in [2.24, 2.45) is 5.73 Å². The second-order valence-electron chi connectivity index (χ2n) is 2.91. The van der Waals surface area contributed by atoms with Crippen molar-refractivity contribution in [3.05, 3.63) is 34.1 Å². The summed E-state index contributed by atoms with van der Waals surface area (Å²) in [6.45, 7) is 0. The molecular weight excluding hydrogens is 200 g/mol. The first-order chi connectivity index (χ1) is 7.09. The number of nitrogens with two attached hydrogens (primary N) is 1. The van der Waals surface area contributed by atoms with Gasteiger partial charge in [-0.15, -0.1) is 0 Å². The number of aromatic nitrogens is 2. The molecule has 0 saturated heterocycles. The molecule has 0 aliphatic rings. The van der Waals surface area contributed by atoms with Crippen molar-refractivity contribution in [3.8, 4) is 0 Å². The summed E-state index contributed by atoms with van der Waals surface area (Å²) >= 11 is 0. The Bertz CT molecular complexity index is 512. The number of carbonyl (C=O) groups excluding carboxylic acids is 1. The minimum atomic E-state index is -0.841. The number of hydrogen-bond acceptors (Lipinski definition) is 4. The molecule has 0 unspecified atom stereocenters. The third-order valence-electron chi connectivity index (χ3n) is 2.00. The molecule has 2 rings (SSSR count). The molecule has 0 aliphatic carbocycles. The van der Waals surface area contributed by atoms with E-state index in [9.17, 15) is 14.9 Å². The summed E-state index contributed by atoms with van der Waals surface area (Å²) in [5.74, 6) is -0.841. The van der Waals surface area contributed by atoms with Crippen LogP contribution in [0.15, 0.2) is 18.5 Å². The van der Waals surface area contributed by atoms with E-state index in [0.717, 1.165) is 0 Å². The molecule has 7 heteroatoms. The van der Waals surface area contributed by atoms with Crippen molar-refractivity contribution in [1.82, 2.24) is 9.97 Å². The molecule has 7 nitrogen and oxygen atoms in total. The van der Waals surface area contributed by atoms with Crippen LogP contribution in [0.1, 0.15) is 10.4 Å². The molecule has 0 saturated carbocycles.